The van der Waals surface area contributed by atoms with Crippen LogP contribution in [0.2, 0.25) is 0 Å². The molecular formula is C15H21N3. The number of nitrogens with zero attached hydrogens (tertiary/aromatic N) is 1. The van der Waals surface area contributed by atoms with E-state index >= 15 is 0 Å². The van der Waals surface area contributed by atoms with Crippen LogP contribution in [0.15, 0.2) is 29.3 Å². The lowest BCUT2D eigenvalue weighted by Gasteiger charge is -2.28. The number of guanidine groups is 1. The summed E-state index contributed by atoms with van der Waals surface area (Å²) in [6, 6.07) is 9.18. The Morgan fingerprint density at radius 1 is 1.28 bits per heavy atom. The molecule has 3 heteroatoms. The minimum atomic E-state index is 0.558. The maximum Gasteiger partial charge on any atom is 0.188 e. The Hall–Kier alpha value is -1.51. The van der Waals surface area contributed by atoms with Crippen LogP contribution in [0.4, 0.5) is 0 Å². The predicted octanol–water partition coefficient (Wildman–Crippen LogP) is 2.17. The lowest BCUT2D eigenvalue weighted by atomic mass is 9.78. The molecule has 3 N–H and O–H groups in total. The second-order valence-electron chi connectivity index (χ2n) is 5.45. The Labute approximate surface area is 108 Å². The zero-order valence-corrected chi connectivity index (χ0v) is 10.7. The molecule has 0 spiro atoms. The third kappa shape index (κ3) is 2.35. The van der Waals surface area contributed by atoms with Crippen LogP contribution in [0.1, 0.15) is 42.7 Å². The fourth-order valence-corrected chi connectivity index (χ4v) is 3.06. The molecule has 3 nitrogen and oxygen atoms in total. The van der Waals surface area contributed by atoms with E-state index in [4.69, 9.17) is 5.73 Å². The third-order valence-corrected chi connectivity index (χ3v) is 4.15. The molecule has 1 saturated carbocycles. The topological polar surface area (TPSA) is 50.4 Å². The van der Waals surface area contributed by atoms with Crippen LogP contribution >= 0.6 is 0 Å². The van der Waals surface area contributed by atoms with Gasteiger partial charge in [-0.1, -0.05) is 37.1 Å². The second-order valence-corrected chi connectivity index (χ2v) is 5.45. The smallest absolute Gasteiger partial charge is 0.188 e. The molecule has 1 aromatic rings. The van der Waals surface area contributed by atoms with Crippen molar-refractivity contribution in [2.45, 2.75) is 44.1 Å². The van der Waals surface area contributed by atoms with Gasteiger partial charge in [0.05, 0.1) is 0 Å². The highest BCUT2D eigenvalue weighted by Gasteiger charge is 2.25. The number of benzene rings is 1. The molecule has 0 saturated heterocycles. The molecule has 96 valence electrons. The molecule has 18 heavy (non-hydrogen) atoms. The Bertz CT molecular complexity index is 447. The van der Waals surface area contributed by atoms with Crippen molar-refractivity contribution in [3.63, 3.8) is 0 Å². The summed E-state index contributed by atoms with van der Waals surface area (Å²) in [5.74, 6) is 1.21. The number of rotatable bonds is 3. The average molecular weight is 243 g/mol. The summed E-state index contributed by atoms with van der Waals surface area (Å²) in [5.41, 5.74) is 8.87. The van der Waals surface area contributed by atoms with Crippen LogP contribution in [0, 0.1) is 0 Å². The van der Waals surface area contributed by atoms with Crippen LogP contribution < -0.4 is 11.1 Å². The van der Waals surface area contributed by atoms with Gasteiger partial charge in [-0.15, -0.1) is 0 Å². The van der Waals surface area contributed by atoms with Crippen molar-refractivity contribution in [1.82, 2.24) is 5.32 Å². The number of hydrogen-bond donors (Lipinski definition) is 2. The molecule has 0 radical (unpaired) electrons. The van der Waals surface area contributed by atoms with Gasteiger partial charge in [0.15, 0.2) is 5.96 Å². The summed E-state index contributed by atoms with van der Waals surface area (Å²) in [7, 11) is 0. The second kappa shape index (κ2) is 5.01. The van der Waals surface area contributed by atoms with Crippen LogP contribution in [0.3, 0.4) is 0 Å². The molecule has 0 bridgehead atoms. The van der Waals surface area contributed by atoms with Gasteiger partial charge in [0, 0.05) is 18.5 Å². The lowest BCUT2D eigenvalue weighted by Crippen LogP contribution is -2.39. The van der Waals surface area contributed by atoms with Crippen molar-refractivity contribution in [2.75, 3.05) is 6.54 Å². The quantitative estimate of drug-likeness (QED) is 0.631. The maximum atomic E-state index is 5.94. The molecule has 1 aromatic carbocycles. The standard InChI is InChI=1S/C15H21N3/c16-15(18-13-6-2-3-7-13)17-10-12-9-11-5-1-4-8-14(11)12/h1,4-5,8,12-13H,2-3,6-7,9-10H2,(H3,16,17,18). The molecular weight excluding hydrogens is 222 g/mol. The van der Waals surface area contributed by atoms with E-state index in [0.717, 1.165) is 13.0 Å². The Morgan fingerprint density at radius 2 is 2.06 bits per heavy atom. The van der Waals surface area contributed by atoms with Crippen LogP contribution in [0.5, 0.6) is 0 Å². The Kier molecular flexibility index (Phi) is 3.22. The van der Waals surface area contributed by atoms with Crippen molar-refractivity contribution < 1.29 is 0 Å². The van der Waals surface area contributed by atoms with E-state index < -0.39 is 0 Å². The summed E-state index contributed by atoms with van der Waals surface area (Å²) in [6.45, 7) is 0.822. The van der Waals surface area contributed by atoms with E-state index in [2.05, 4.69) is 34.6 Å². The van der Waals surface area contributed by atoms with E-state index in [1.807, 2.05) is 0 Å². The van der Waals surface area contributed by atoms with Crippen molar-refractivity contribution in [1.29, 1.82) is 0 Å². The van der Waals surface area contributed by atoms with Gasteiger partial charge < -0.3 is 11.1 Å². The van der Waals surface area contributed by atoms with E-state index in [9.17, 15) is 0 Å². The molecule has 2 aliphatic carbocycles. The van der Waals surface area contributed by atoms with Gasteiger partial charge in [0.2, 0.25) is 0 Å². The zero-order chi connectivity index (χ0) is 12.4. The van der Waals surface area contributed by atoms with Crippen molar-refractivity contribution in [3.8, 4) is 0 Å². The molecule has 0 aromatic heterocycles. The first-order valence-corrected chi connectivity index (χ1v) is 6.97. The SMILES string of the molecule is NC(=NCC1Cc2ccccc21)NC1CCCC1. The molecule has 1 fully saturated rings. The minimum Gasteiger partial charge on any atom is -0.370 e. The Morgan fingerprint density at radius 3 is 2.83 bits per heavy atom. The highest BCUT2D eigenvalue weighted by molar-refractivity contribution is 5.78. The summed E-state index contributed by atoms with van der Waals surface area (Å²) in [5, 5.41) is 3.33. The normalized spacial score (nSPS) is 23.6. The minimum absolute atomic E-state index is 0.558. The van der Waals surface area contributed by atoms with Gasteiger partial charge in [-0.05, 0) is 30.4 Å². The number of hydrogen-bond acceptors (Lipinski definition) is 1. The fraction of sp³-hybridized carbons (Fsp3) is 0.533. The van der Waals surface area contributed by atoms with Crippen LogP contribution in [-0.2, 0) is 6.42 Å². The molecule has 3 rings (SSSR count). The van der Waals surface area contributed by atoms with Crippen LogP contribution in [0.25, 0.3) is 0 Å². The van der Waals surface area contributed by atoms with Crippen molar-refractivity contribution in [3.05, 3.63) is 35.4 Å². The van der Waals surface area contributed by atoms with Gasteiger partial charge in [-0.3, -0.25) is 4.99 Å². The van der Waals surface area contributed by atoms with E-state index in [-0.39, 0.29) is 0 Å². The van der Waals surface area contributed by atoms with Crippen molar-refractivity contribution >= 4 is 5.96 Å². The molecule has 2 aliphatic rings. The lowest BCUT2D eigenvalue weighted by molar-refractivity contribution is 0.602. The first-order valence-electron chi connectivity index (χ1n) is 6.97. The van der Waals surface area contributed by atoms with Crippen molar-refractivity contribution in [2.24, 2.45) is 10.7 Å². The highest BCUT2D eigenvalue weighted by atomic mass is 15.1. The highest BCUT2D eigenvalue weighted by Crippen LogP contribution is 2.34. The summed E-state index contributed by atoms with van der Waals surface area (Å²) in [4.78, 5) is 4.49. The summed E-state index contributed by atoms with van der Waals surface area (Å²) >= 11 is 0. The van der Waals surface area contributed by atoms with E-state index in [1.54, 1.807) is 0 Å². The van der Waals surface area contributed by atoms with E-state index in [1.165, 1.54) is 36.8 Å². The van der Waals surface area contributed by atoms with Gasteiger partial charge in [-0.2, -0.15) is 0 Å². The maximum absolute atomic E-state index is 5.94. The zero-order valence-electron chi connectivity index (χ0n) is 10.7. The molecule has 1 unspecified atom stereocenters. The monoisotopic (exact) mass is 243 g/mol. The Balaban J connectivity index is 1.52. The molecule has 0 heterocycles. The molecule has 0 amide bonds. The average Bonchev–Trinajstić information content (AvgIpc) is 2.83. The number of fused-ring (bicyclic) bond motifs is 1. The predicted molar refractivity (Wildman–Crippen MR) is 74.8 cm³/mol. The first kappa shape index (κ1) is 11.6. The van der Waals surface area contributed by atoms with Gasteiger partial charge >= 0.3 is 0 Å². The van der Waals surface area contributed by atoms with Gasteiger partial charge in [-0.25, -0.2) is 0 Å². The third-order valence-electron chi connectivity index (χ3n) is 4.15. The summed E-state index contributed by atoms with van der Waals surface area (Å²) < 4.78 is 0. The summed E-state index contributed by atoms with van der Waals surface area (Å²) in [6.07, 6.45) is 6.27. The fourth-order valence-electron chi connectivity index (χ4n) is 3.06. The largest absolute Gasteiger partial charge is 0.370 e. The van der Waals surface area contributed by atoms with E-state index in [0.29, 0.717) is 17.9 Å². The first-order chi connectivity index (χ1) is 8.83. The number of nitrogens with one attached hydrogen (secondary N) is 1. The number of aliphatic imine (C=N–C) groups is 1. The van der Waals surface area contributed by atoms with Gasteiger partial charge in [0.25, 0.3) is 0 Å². The van der Waals surface area contributed by atoms with Crippen LogP contribution in [-0.4, -0.2) is 18.5 Å². The number of nitrogens with two attached hydrogens (primary N) is 1. The molecule has 1 atom stereocenters. The van der Waals surface area contributed by atoms with Gasteiger partial charge in [0.1, 0.15) is 0 Å². The molecule has 0 aliphatic heterocycles.